The fourth-order valence-corrected chi connectivity index (χ4v) is 10.2. The van der Waals surface area contributed by atoms with Crippen LogP contribution in [0.1, 0.15) is 146 Å². The maximum Gasteiger partial charge on any atom is 0.417 e. The molecule has 0 aromatic carbocycles. The standard InChI is InChI=1S/C56H91Cl3N2O24/c1-11-16-21-22-27-75-51-49(74-26-20-15-5)48(45(73-25-19-14-4)38(82-51)29-71-23-17-12-2)84-50-41(60-53(68)77-32-56(57,58)59)43(66)44(72-24-18-13-3)40(81-50)31-78-55(52(67)70-10)28-37-42(61(33(6)62)54(69)83-37)47(85-55)46(80-36(9)65)39(79-35(8)64)30-76-34(7)63/h37-51,66H,11-32H2,1-10H3,(H,60,68)/t37-,38?,39-,40?,41+,42?,43-,44-,45+,46-,47?,48+,49+,50?,51?,55-/m1/s1. The average molecular weight is 1280 g/mol. The van der Waals surface area contributed by atoms with Gasteiger partial charge in [0, 0.05) is 60.7 Å². The number of hydrogen-bond donors (Lipinski definition) is 2. The van der Waals surface area contributed by atoms with E-state index < -0.39 is 170 Å². The molecule has 16 atom stereocenters. The van der Waals surface area contributed by atoms with E-state index in [1.807, 2.05) is 27.7 Å². The van der Waals surface area contributed by atoms with Crippen molar-refractivity contribution in [3.63, 3.8) is 0 Å². The summed E-state index contributed by atoms with van der Waals surface area (Å²) in [4.78, 5) is 93.7. The number of esters is 4. The molecule has 0 aromatic heterocycles. The third-order valence-corrected chi connectivity index (χ3v) is 14.5. The largest absolute Gasteiger partial charge is 0.465 e. The minimum atomic E-state index is -2.70. The van der Waals surface area contributed by atoms with Crippen molar-refractivity contribution in [3.8, 4) is 0 Å². The fraction of sp³-hybridized carbons (Fsp3) is 0.875. The number of methoxy groups -OCH3 is 1. The highest BCUT2D eigenvalue weighted by Gasteiger charge is 2.65. The van der Waals surface area contributed by atoms with Crippen LogP contribution in [0.4, 0.5) is 9.59 Å². The number of carbonyl (C=O) groups excluding carboxylic acids is 7. The van der Waals surface area contributed by atoms with Crippen LogP contribution in [-0.2, 0) is 99.8 Å². The predicted octanol–water partition coefficient (Wildman–Crippen LogP) is 6.45. The van der Waals surface area contributed by atoms with E-state index in [0.717, 1.165) is 79.8 Å². The zero-order chi connectivity index (χ0) is 62.9. The maximum absolute atomic E-state index is 14.5. The van der Waals surface area contributed by atoms with Gasteiger partial charge in [0.2, 0.25) is 9.70 Å². The van der Waals surface area contributed by atoms with E-state index in [2.05, 4.69) is 12.2 Å². The van der Waals surface area contributed by atoms with Crippen LogP contribution >= 0.6 is 34.8 Å². The Morgan fingerprint density at radius 2 is 1.27 bits per heavy atom. The molecule has 0 aromatic rings. The number of ether oxygens (including phenoxy) is 16. The number of rotatable bonds is 37. The Balaban J connectivity index is 1.95. The Bertz CT molecular complexity index is 2080. The number of carbonyl (C=O) groups is 7. The van der Waals surface area contributed by atoms with Crippen molar-refractivity contribution in [1.82, 2.24) is 10.2 Å². The van der Waals surface area contributed by atoms with Crippen molar-refractivity contribution in [2.45, 2.75) is 247 Å². The first kappa shape index (κ1) is 74.0. The summed E-state index contributed by atoms with van der Waals surface area (Å²) in [5.41, 5.74) is 0. The number of imide groups is 1. The number of fused-ring (bicyclic) bond motifs is 1. The smallest absolute Gasteiger partial charge is 0.417 e. The highest BCUT2D eigenvalue weighted by Crippen LogP contribution is 2.43. The first-order chi connectivity index (χ1) is 40.5. The molecular weight excluding hydrogens is 1190 g/mol. The summed E-state index contributed by atoms with van der Waals surface area (Å²) in [6, 6.07) is -3.10. The van der Waals surface area contributed by atoms with Gasteiger partial charge in [-0.1, -0.05) is 114 Å². The Morgan fingerprint density at radius 3 is 1.85 bits per heavy atom. The van der Waals surface area contributed by atoms with Gasteiger partial charge in [0.1, 0.15) is 80.2 Å². The summed E-state index contributed by atoms with van der Waals surface area (Å²) >= 11 is 18.0. The van der Waals surface area contributed by atoms with Crippen molar-refractivity contribution in [2.24, 2.45) is 0 Å². The minimum Gasteiger partial charge on any atom is -0.465 e. The van der Waals surface area contributed by atoms with Crippen LogP contribution in [0.5, 0.6) is 0 Å². The molecule has 4 fully saturated rings. The monoisotopic (exact) mass is 1280 g/mol. The van der Waals surface area contributed by atoms with Gasteiger partial charge in [-0.15, -0.1) is 0 Å². The molecule has 6 unspecified atom stereocenters. The third kappa shape index (κ3) is 22.8. The molecule has 4 rings (SSSR count). The second kappa shape index (κ2) is 37.5. The normalized spacial score (nSPS) is 29.2. The lowest BCUT2D eigenvalue weighted by molar-refractivity contribution is -0.365. The second-order valence-corrected chi connectivity index (χ2v) is 23.6. The van der Waals surface area contributed by atoms with Crippen molar-refractivity contribution < 1.29 is 114 Å². The number of amides is 3. The van der Waals surface area contributed by atoms with E-state index in [1.54, 1.807) is 0 Å². The molecule has 29 heteroatoms. The van der Waals surface area contributed by atoms with Gasteiger partial charge in [-0.25, -0.2) is 19.3 Å². The van der Waals surface area contributed by atoms with Crippen molar-refractivity contribution in [1.29, 1.82) is 0 Å². The summed E-state index contributed by atoms with van der Waals surface area (Å²) in [5, 5.41) is 15.4. The van der Waals surface area contributed by atoms with Gasteiger partial charge < -0.3 is 86.2 Å². The molecule has 4 aliphatic heterocycles. The Morgan fingerprint density at radius 1 is 0.694 bits per heavy atom. The van der Waals surface area contributed by atoms with Crippen LogP contribution < -0.4 is 5.32 Å². The number of alkyl carbamates (subject to hydrolysis) is 1. The number of hydrogen-bond acceptors (Lipinski definition) is 24. The molecule has 0 saturated carbocycles. The molecule has 4 aliphatic rings. The van der Waals surface area contributed by atoms with Crippen LogP contribution in [0.15, 0.2) is 0 Å². The molecule has 0 radical (unpaired) electrons. The summed E-state index contributed by atoms with van der Waals surface area (Å²) in [6.45, 7) is 13.2. The number of aliphatic hydroxyl groups excluding tert-OH is 1. The van der Waals surface area contributed by atoms with Gasteiger partial charge in [0.05, 0.1) is 26.7 Å². The maximum atomic E-state index is 14.5. The number of nitrogens with zero attached hydrogens (tertiary/aromatic N) is 1. The summed E-state index contributed by atoms with van der Waals surface area (Å²) in [5.74, 6) is -7.58. The number of halogens is 3. The lowest BCUT2D eigenvalue weighted by Gasteiger charge is -2.50. The molecule has 0 bridgehead atoms. The molecule has 2 N–H and O–H groups in total. The van der Waals surface area contributed by atoms with E-state index >= 15 is 0 Å². The lowest BCUT2D eigenvalue weighted by Crippen LogP contribution is -2.70. The van der Waals surface area contributed by atoms with Gasteiger partial charge in [0.15, 0.2) is 24.8 Å². The topological polar surface area (TPSA) is 303 Å². The lowest BCUT2D eigenvalue weighted by atomic mass is 9.88. The molecule has 3 amide bonds. The Hall–Kier alpha value is -3.48. The van der Waals surface area contributed by atoms with Crippen molar-refractivity contribution in [3.05, 3.63) is 0 Å². The van der Waals surface area contributed by atoms with Crippen molar-refractivity contribution in [2.75, 3.05) is 66.6 Å². The molecule has 0 spiro atoms. The minimum absolute atomic E-state index is 0.0108. The van der Waals surface area contributed by atoms with Gasteiger partial charge in [-0.05, 0) is 32.1 Å². The van der Waals surface area contributed by atoms with Crippen LogP contribution in [0, 0.1) is 0 Å². The molecule has 85 heavy (non-hydrogen) atoms. The van der Waals surface area contributed by atoms with Gasteiger partial charge >= 0.3 is 36.1 Å². The molecule has 490 valence electrons. The average Bonchev–Trinajstić information content (AvgIpc) is 3.05. The van der Waals surface area contributed by atoms with Crippen LogP contribution in [0.25, 0.3) is 0 Å². The van der Waals surface area contributed by atoms with Gasteiger partial charge in [-0.2, -0.15) is 0 Å². The second-order valence-electron chi connectivity index (χ2n) is 21.1. The fourth-order valence-electron chi connectivity index (χ4n) is 10.0. The highest BCUT2D eigenvalue weighted by molar-refractivity contribution is 6.67. The predicted molar refractivity (Wildman–Crippen MR) is 301 cm³/mol. The van der Waals surface area contributed by atoms with Gasteiger partial charge in [0.25, 0.3) is 5.79 Å². The van der Waals surface area contributed by atoms with Crippen molar-refractivity contribution >= 4 is 76.8 Å². The van der Waals surface area contributed by atoms with Crippen LogP contribution in [0.2, 0.25) is 0 Å². The first-order valence-corrected chi connectivity index (χ1v) is 30.7. The molecule has 26 nitrogen and oxygen atoms in total. The Kier molecular flexibility index (Phi) is 32.6. The van der Waals surface area contributed by atoms with E-state index in [0.29, 0.717) is 50.2 Å². The van der Waals surface area contributed by atoms with Crippen LogP contribution in [-0.4, -0.2) is 220 Å². The third-order valence-electron chi connectivity index (χ3n) is 14.2. The molecule has 0 aliphatic carbocycles. The number of alkyl halides is 3. The Labute approximate surface area is 513 Å². The number of aliphatic hydroxyl groups is 1. The van der Waals surface area contributed by atoms with E-state index in [4.69, 9.17) is 111 Å². The highest BCUT2D eigenvalue weighted by atomic mass is 35.6. The van der Waals surface area contributed by atoms with Crippen LogP contribution in [0.3, 0.4) is 0 Å². The quantitative estimate of drug-likeness (QED) is 0.0292. The molecular formula is C56H91Cl3N2O24. The van der Waals surface area contributed by atoms with Gasteiger partial charge in [-0.3, -0.25) is 19.2 Å². The van der Waals surface area contributed by atoms with E-state index in [-0.39, 0.29) is 26.4 Å². The zero-order valence-electron chi connectivity index (χ0n) is 50.6. The molecule has 4 saturated heterocycles. The van der Waals surface area contributed by atoms with E-state index in [1.165, 1.54) is 0 Å². The SMILES string of the molecule is CCCCCCOC1OC(COCCCC)[C@H](OCCCC)[C@H](OC2OC(CO[C@]3(C(=O)OC)C[C@H]4OC(=O)N(C(C)=O)C4C([C@H](OC(C)=O)[C@@H](COC(C)=O)OC(C)=O)O3)[C@@H](OCCCC)[C@H](O)[C@@H]2NC(=O)OCC(Cl)(Cl)Cl)[C@@H]1OCCCC. The summed E-state index contributed by atoms with van der Waals surface area (Å²) in [7, 11) is 1.00. The molecule has 4 heterocycles. The number of unbranched alkanes of at least 4 members (excludes halogenated alkanes) is 7. The number of nitrogens with one attached hydrogen (secondary N) is 1. The first-order valence-electron chi connectivity index (χ1n) is 29.6. The summed E-state index contributed by atoms with van der Waals surface area (Å²) in [6.07, 6.45) is -12.5. The summed E-state index contributed by atoms with van der Waals surface area (Å²) < 4.78 is 97.0. The zero-order valence-corrected chi connectivity index (χ0v) is 52.9. The van der Waals surface area contributed by atoms with E-state index in [9.17, 15) is 38.7 Å².